The van der Waals surface area contributed by atoms with Crippen LogP contribution in [0.15, 0.2) is 54.0 Å². The number of aromatic nitrogens is 4. The average Bonchev–Trinajstić information content (AvgIpc) is 3.87. The maximum absolute atomic E-state index is 12.8. The number of aliphatic imine (C=N–C) groups is 1. The van der Waals surface area contributed by atoms with E-state index < -0.39 is 21.2 Å². The van der Waals surface area contributed by atoms with Gasteiger partial charge in [0.2, 0.25) is 0 Å². The second kappa shape index (κ2) is 17.4. The van der Waals surface area contributed by atoms with Crippen molar-refractivity contribution in [2.45, 2.75) is 90.5 Å². The third-order valence-corrected chi connectivity index (χ3v) is 10.2. The molecule has 2 saturated heterocycles. The first-order valence-corrected chi connectivity index (χ1v) is 21.7. The first-order chi connectivity index (χ1) is 25.5. The highest BCUT2D eigenvalue weighted by Gasteiger charge is 2.35. The molecule has 0 bridgehead atoms. The molecule has 2 aliphatic heterocycles. The van der Waals surface area contributed by atoms with Crippen molar-refractivity contribution < 1.29 is 23.8 Å². The number of benzene rings is 1. The predicted molar refractivity (Wildman–Crippen MR) is 217 cm³/mol. The summed E-state index contributed by atoms with van der Waals surface area (Å²) < 4.78 is 17.2. The molecule has 0 saturated carbocycles. The molecule has 5 rings (SSSR count). The summed E-state index contributed by atoms with van der Waals surface area (Å²) in [7, 11) is -0.665. The third-order valence-electron chi connectivity index (χ3n) is 8.81. The minimum absolute atomic E-state index is 0.147. The Kier molecular flexibility index (Phi) is 13.1. The van der Waals surface area contributed by atoms with Crippen molar-refractivity contribution in [3.63, 3.8) is 0 Å². The highest BCUT2D eigenvalue weighted by atomic mass is 32.3. The Balaban J connectivity index is 1.27. The van der Waals surface area contributed by atoms with Crippen molar-refractivity contribution >= 4 is 34.1 Å². The Morgan fingerprint density at radius 2 is 1.54 bits per heavy atom. The molecule has 2 aromatic heterocycles. The molecule has 2 aliphatic rings. The maximum Gasteiger partial charge on any atom is 0.410 e. The van der Waals surface area contributed by atoms with Crippen LogP contribution in [0, 0.1) is 0 Å². The summed E-state index contributed by atoms with van der Waals surface area (Å²) in [6.45, 7) is 13.5. The van der Waals surface area contributed by atoms with Gasteiger partial charge in [-0.2, -0.15) is 0 Å². The number of nitrogens with one attached hydrogen (secondary N) is 2. The van der Waals surface area contributed by atoms with E-state index in [2.05, 4.69) is 39.0 Å². The van der Waals surface area contributed by atoms with Crippen LogP contribution in [-0.2, 0) is 14.2 Å². The second-order valence-corrected chi connectivity index (χ2v) is 21.2. The topological polar surface area (TPSA) is 147 Å². The lowest BCUT2D eigenvalue weighted by molar-refractivity contribution is 0.0216. The van der Waals surface area contributed by atoms with Crippen LogP contribution in [0.25, 0.3) is 28.2 Å². The highest BCUT2D eigenvalue weighted by molar-refractivity contribution is 8.32. The molecule has 0 aliphatic carbocycles. The summed E-state index contributed by atoms with van der Waals surface area (Å²) >= 11 is 0. The van der Waals surface area contributed by atoms with Crippen molar-refractivity contribution in [1.82, 2.24) is 35.1 Å². The number of aromatic amines is 1. The van der Waals surface area contributed by atoms with Crippen molar-refractivity contribution in [2.75, 3.05) is 50.9 Å². The maximum atomic E-state index is 12.8. The number of H-pyrrole nitrogens is 1. The number of imidazole rings is 1. The van der Waals surface area contributed by atoms with Crippen molar-refractivity contribution in [3.05, 3.63) is 60.6 Å². The van der Waals surface area contributed by atoms with Gasteiger partial charge in [-0.1, -0.05) is 24.3 Å². The Bertz CT molecular complexity index is 1770. The molecule has 2 N–H and O–H groups in total. The SMILES string of the molecule is CC(C)(C)OC(=O)N1CCCC1c1ncc(-c2ccc(-c3cnc(/C(=C/N=C[C@@H]4CCCN4C(=O)OC(C)(C)C)NCOCCS(C)(C)C)cn3)cc2)[nH]1. The smallest absolute Gasteiger partial charge is 0.410 e. The first-order valence-electron chi connectivity index (χ1n) is 18.6. The standard InChI is InChI=1S/C40H58N8O5S/c1-39(2,3)52-37(49)47-18-10-12-30(47)22-41-23-33(45-27-51-20-21-54(7,8)9)34-26-42-31(24-43-34)28-14-16-29(17-15-28)32-25-44-36(46-32)35-13-11-19-48(35)38(50)53-40(4,5)6/h14-17,22-26,30,35,45H,10-13,18-21,27H2,1-9H3,(H,44,46)/b33-23-,41-22?/t30-,35?/m0/s1. The van der Waals surface area contributed by atoms with Gasteiger partial charge in [0.25, 0.3) is 0 Å². The summed E-state index contributed by atoms with van der Waals surface area (Å²) in [4.78, 5) is 51.3. The first kappa shape index (κ1) is 40.7. The number of rotatable bonds is 12. The number of ether oxygens (including phenoxy) is 3. The molecular weight excluding hydrogens is 705 g/mol. The van der Waals surface area contributed by atoms with E-state index in [1.54, 1.807) is 34.6 Å². The van der Waals surface area contributed by atoms with Crippen LogP contribution in [0.3, 0.4) is 0 Å². The molecule has 14 heteroatoms. The van der Waals surface area contributed by atoms with Gasteiger partial charge in [-0.25, -0.2) is 24.6 Å². The van der Waals surface area contributed by atoms with Gasteiger partial charge in [-0.05, 0) is 91.6 Å². The van der Waals surface area contributed by atoms with Crippen LogP contribution in [-0.4, -0.2) is 116 Å². The van der Waals surface area contributed by atoms with E-state index in [-0.39, 0.29) is 24.3 Å². The van der Waals surface area contributed by atoms with Gasteiger partial charge < -0.3 is 29.4 Å². The molecule has 1 unspecified atom stereocenters. The molecule has 1 aromatic carbocycles. The fourth-order valence-corrected chi connectivity index (χ4v) is 6.72. The van der Waals surface area contributed by atoms with Crippen LogP contribution >= 0.6 is 10.0 Å². The van der Waals surface area contributed by atoms with Crippen LogP contribution in [0.5, 0.6) is 0 Å². The van der Waals surface area contributed by atoms with E-state index in [4.69, 9.17) is 24.2 Å². The van der Waals surface area contributed by atoms with Crippen LogP contribution in [0.4, 0.5) is 9.59 Å². The minimum Gasteiger partial charge on any atom is -0.444 e. The quantitative estimate of drug-likeness (QED) is 0.108. The number of hydrogen-bond donors (Lipinski definition) is 2. The van der Waals surface area contributed by atoms with E-state index in [1.807, 2.05) is 72.0 Å². The zero-order valence-electron chi connectivity index (χ0n) is 33.3. The second-order valence-electron chi connectivity index (χ2n) is 16.6. The van der Waals surface area contributed by atoms with Gasteiger partial charge in [0.05, 0.1) is 60.6 Å². The molecule has 2 fully saturated rings. The molecule has 2 amide bonds. The number of hydrogen-bond acceptors (Lipinski definition) is 10. The lowest BCUT2D eigenvalue weighted by Crippen LogP contribution is -2.40. The van der Waals surface area contributed by atoms with Gasteiger partial charge in [-0.3, -0.25) is 19.9 Å². The zero-order valence-corrected chi connectivity index (χ0v) is 34.2. The van der Waals surface area contributed by atoms with Crippen LogP contribution in [0.2, 0.25) is 0 Å². The summed E-state index contributed by atoms with van der Waals surface area (Å²) in [5.74, 6) is 1.76. The van der Waals surface area contributed by atoms with Crippen molar-refractivity contribution in [1.29, 1.82) is 0 Å². The van der Waals surface area contributed by atoms with Gasteiger partial charge >= 0.3 is 12.2 Å². The van der Waals surface area contributed by atoms with E-state index in [0.29, 0.717) is 37.8 Å². The summed E-state index contributed by atoms with van der Waals surface area (Å²) in [6.07, 6.45) is 18.4. The fourth-order valence-electron chi connectivity index (χ4n) is 6.10. The fraction of sp³-hybridized carbons (Fsp3) is 0.550. The third kappa shape index (κ3) is 11.8. The summed E-state index contributed by atoms with van der Waals surface area (Å²) in [5, 5.41) is 3.33. The number of amides is 2. The Morgan fingerprint density at radius 1 is 0.889 bits per heavy atom. The van der Waals surface area contributed by atoms with Crippen molar-refractivity contribution in [3.8, 4) is 22.5 Å². The molecule has 2 atom stereocenters. The Labute approximate surface area is 321 Å². The molecule has 0 radical (unpaired) electrons. The largest absolute Gasteiger partial charge is 0.444 e. The van der Waals surface area contributed by atoms with E-state index in [0.717, 1.165) is 59.8 Å². The Hall–Kier alpha value is -4.43. The normalized spacial score (nSPS) is 18.7. The Morgan fingerprint density at radius 3 is 2.19 bits per heavy atom. The molecule has 3 aromatic rings. The molecule has 294 valence electrons. The van der Waals surface area contributed by atoms with Crippen molar-refractivity contribution in [2.24, 2.45) is 4.99 Å². The van der Waals surface area contributed by atoms with Gasteiger partial charge in [0.15, 0.2) is 0 Å². The number of likely N-dealkylation sites (tertiary alicyclic amines) is 2. The molecular formula is C40H58N8O5S. The minimum atomic E-state index is -0.665. The number of carbonyl (C=O) groups excluding carboxylic acids is 2. The van der Waals surface area contributed by atoms with Crippen LogP contribution in [0.1, 0.15) is 84.8 Å². The van der Waals surface area contributed by atoms with E-state index in [1.165, 1.54) is 0 Å². The summed E-state index contributed by atoms with van der Waals surface area (Å²) in [5.41, 5.74) is 3.63. The highest BCUT2D eigenvalue weighted by Crippen LogP contribution is 2.34. The molecule has 13 nitrogen and oxygen atoms in total. The molecule has 0 spiro atoms. The van der Waals surface area contributed by atoms with Gasteiger partial charge in [0, 0.05) is 30.6 Å². The van der Waals surface area contributed by atoms with Crippen LogP contribution < -0.4 is 5.32 Å². The number of carbonyl (C=O) groups is 2. The summed E-state index contributed by atoms with van der Waals surface area (Å²) in [6, 6.07) is 7.75. The lowest BCUT2D eigenvalue weighted by atomic mass is 10.1. The molecule has 4 heterocycles. The van der Waals surface area contributed by atoms with E-state index in [9.17, 15) is 9.59 Å². The monoisotopic (exact) mass is 762 g/mol. The average molecular weight is 763 g/mol. The zero-order chi connectivity index (χ0) is 39.1. The molecule has 54 heavy (non-hydrogen) atoms. The predicted octanol–water partition coefficient (Wildman–Crippen LogP) is 7.63. The lowest BCUT2D eigenvalue weighted by Gasteiger charge is -2.27. The van der Waals surface area contributed by atoms with Gasteiger partial charge in [-0.15, -0.1) is 0 Å². The van der Waals surface area contributed by atoms with E-state index >= 15 is 0 Å². The number of nitrogens with zero attached hydrogens (tertiary/aromatic N) is 6. The van der Waals surface area contributed by atoms with Gasteiger partial charge in [0.1, 0.15) is 29.5 Å².